The van der Waals surface area contributed by atoms with Gasteiger partial charge >= 0.3 is 0 Å². The van der Waals surface area contributed by atoms with Crippen LogP contribution >= 0.6 is 23.7 Å². The van der Waals surface area contributed by atoms with Crippen molar-refractivity contribution in [3.63, 3.8) is 0 Å². The smallest absolute Gasteiger partial charge is 0.270 e. The van der Waals surface area contributed by atoms with Gasteiger partial charge in [-0.2, -0.15) is 0 Å². The fourth-order valence-corrected chi connectivity index (χ4v) is 2.53. The molecular weight excluding hydrogens is 382 g/mol. The van der Waals surface area contributed by atoms with Gasteiger partial charge in [0.1, 0.15) is 5.69 Å². The van der Waals surface area contributed by atoms with Crippen molar-refractivity contribution in [3.8, 4) is 0 Å². The number of thiazole rings is 1. The number of nitrogens with one attached hydrogen (secondary N) is 2. The summed E-state index contributed by atoms with van der Waals surface area (Å²) in [6, 6.07) is 5.37. The van der Waals surface area contributed by atoms with Gasteiger partial charge in [-0.3, -0.25) is 25.0 Å². The zero-order valence-corrected chi connectivity index (χ0v) is 15.7. The van der Waals surface area contributed by atoms with Crippen LogP contribution in [0.15, 0.2) is 29.6 Å². The Labute approximate surface area is 160 Å². The van der Waals surface area contributed by atoms with E-state index in [1.54, 1.807) is 0 Å². The first kappa shape index (κ1) is 21.5. The molecule has 11 heteroatoms. The molecule has 0 unspecified atom stereocenters. The number of nitro groups is 1. The third-order valence-electron chi connectivity index (χ3n) is 3.12. The Hall–Kier alpha value is -2.56. The maximum atomic E-state index is 12.1. The van der Waals surface area contributed by atoms with Gasteiger partial charge < -0.3 is 10.2 Å². The molecule has 2 rings (SSSR count). The van der Waals surface area contributed by atoms with Crippen LogP contribution in [0.4, 0.5) is 10.8 Å². The van der Waals surface area contributed by atoms with E-state index >= 15 is 0 Å². The van der Waals surface area contributed by atoms with Gasteiger partial charge in [0.15, 0.2) is 5.13 Å². The Kier molecular flexibility index (Phi) is 8.10. The van der Waals surface area contributed by atoms with Gasteiger partial charge in [0.2, 0.25) is 0 Å². The van der Waals surface area contributed by atoms with E-state index in [0.717, 1.165) is 11.3 Å². The number of hydrogen-bond acceptors (Lipinski definition) is 7. The number of aromatic nitrogens is 1. The SMILES string of the molecule is CN(C)CCNC(=O)c1csc(NC(=O)c2cccc([N+](=O)[O-])c2)n1.Cl. The van der Waals surface area contributed by atoms with Crippen LogP contribution in [0.2, 0.25) is 0 Å². The maximum absolute atomic E-state index is 12.1. The number of likely N-dealkylation sites (N-methyl/N-ethyl adjacent to an activating group) is 1. The summed E-state index contributed by atoms with van der Waals surface area (Å²) in [4.78, 5) is 40.3. The van der Waals surface area contributed by atoms with E-state index < -0.39 is 10.8 Å². The van der Waals surface area contributed by atoms with Crippen molar-refractivity contribution in [2.24, 2.45) is 0 Å². The third kappa shape index (κ3) is 6.06. The summed E-state index contributed by atoms with van der Waals surface area (Å²) in [6.45, 7) is 1.19. The summed E-state index contributed by atoms with van der Waals surface area (Å²) >= 11 is 1.10. The summed E-state index contributed by atoms with van der Waals surface area (Å²) in [7, 11) is 3.80. The second kappa shape index (κ2) is 9.80. The highest BCUT2D eigenvalue weighted by molar-refractivity contribution is 7.14. The molecule has 0 radical (unpaired) electrons. The topological polar surface area (TPSA) is 117 Å². The Morgan fingerprint density at radius 2 is 2.04 bits per heavy atom. The molecule has 140 valence electrons. The molecule has 1 aromatic carbocycles. The molecule has 26 heavy (non-hydrogen) atoms. The minimum absolute atomic E-state index is 0. The van der Waals surface area contributed by atoms with Crippen molar-refractivity contribution in [1.82, 2.24) is 15.2 Å². The first-order valence-corrected chi connectivity index (χ1v) is 8.19. The van der Waals surface area contributed by atoms with Gasteiger partial charge in [0.25, 0.3) is 17.5 Å². The molecule has 0 spiro atoms. The lowest BCUT2D eigenvalue weighted by atomic mass is 10.2. The summed E-state index contributed by atoms with van der Waals surface area (Å²) < 4.78 is 0. The number of carbonyl (C=O) groups is 2. The van der Waals surface area contributed by atoms with Crippen molar-refractivity contribution < 1.29 is 14.5 Å². The second-order valence-electron chi connectivity index (χ2n) is 5.36. The van der Waals surface area contributed by atoms with Gasteiger partial charge in [0.05, 0.1) is 4.92 Å². The van der Waals surface area contributed by atoms with E-state index in [1.165, 1.54) is 29.6 Å². The van der Waals surface area contributed by atoms with Crippen LogP contribution < -0.4 is 10.6 Å². The molecule has 1 aromatic heterocycles. The van der Waals surface area contributed by atoms with Crippen LogP contribution in [-0.4, -0.2) is 53.8 Å². The highest BCUT2D eigenvalue weighted by Crippen LogP contribution is 2.18. The highest BCUT2D eigenvalue weighted by atomic mass is 35.5. The number of hydrogen-bond donors (Lipinski definition) is 2. The number of nitro benzene ring substituents is 1. The van der Waals surface area contributed by atoms with Crippen LogP contribution in [0.3, 0.4) is 0 Å². The molecule has 0 bridgehead atoms. The molecule has 9 nitrogen and oxygen atoms in total. The number of rotatable bonds is 7. The van der Waals surface area contributed by atoms with Gasteiger partial charge in [-0.25, -0.2) is 4.98 Å². The number of non-ortho nitro benzene ring substituents is 1. The van der Waals surface area contributed by atoms with Crippen molar-refractivity contribution in [3.05, 3.63) is 51.0 Å². The van der Waals surface area contributed by atoms with Crippen molar-refractivity contribution in [2.45, 2.75) is 0 Å². The highest BCUT2D eigenvalue weighted by Gasteiger charge is 2.15. The van der Waals surface area contributed by atoms with E-state index in [-0.39, 0.29) is 40.4 Å². The van der Waals surface area contributed by atoms with Crippen LogP contribution in [0.1, 0.15) is 20.8 Å². The van der Waals surface area contributed by atoms with E-state index in [0.29, 0.717) is 13.1 Å². The summed E-state index contributed by atoms with van der Waals surface area (Å²) in [5, 5.41) is 17.8. The molecule has 0 saturated heterocycles. The molecule has 0 aliphatic rings. The first-order valence-electron chi connectivity index (χ1n) is 7.31. The lowest BCUT2D eigenvalue weighted by Gasteiger charge is -2.09. The largest absolute Gasteiger partial charge is 0.349 e. The van der Waals surface area contributed by atoms with Crippen LogP contribution in [0.25, 0.3) is 0 Å². The summed E-state index contributed by atoms with van der Waals surface area (Å²) in [5.74, 6) is -0.855. The predicted octanol–water partition coefficient (Wildman–Crippen LogP) is 2.02. The van der Waals surface area contributed by atoms with Crippen molar-refractivity contribution >= 4 is 46.4 Å². The lowest BCUT2D eigenvalue weighted by Crippen LogP contribution is -2.31. The number of benzene rings is 1. The molecule has 1 heterocycles. The molecular formula is C15H18ClN5O4S. The molecule has 2 amide bonds. The number of carbonyl (C=O) groups excluding carboxylic acids is 2. The zero-order valence-electron chi connectivity index (χ0n) is 14.1. The van der Waals surface area contributed by atoms with Crippen molar-refractivity contribution in [1.29, 1.82) is 0 Å². The third-order valence-corrected chi connectivity index (χ3v) is 3.88. The molecule has 0 aliphatic heterocycles. The Morgan fingerprint density at radius 1 is 1.31 bits per heavy atom. The van der Waals surface area contributed by atoms with E-state index in [2.05, 4.69) is 15.6 Å². The molecule has 0 saturated carbocycles. The molecule has 2 aromatic rings. The van der Waals surface area contributed by atoms with E-state index in [1.807, 2.05) is 19.0 Å². The molecule has 0 fully saturated rings. The van der Waals surface area contributed by atoms with Crippen LogP contribution in [-0.2, 0) is 0 Å². The zero-order chi connectivity index (χ0) is 18.4. The summed E-state index contributed by atoms with van der Waals surface area (Å²) in [6.07, 6.45) is 0. The average Bonchev–Trinajstić information content (AvgIpc) is 3.03. The normalized spacial score (nSPS) is 10.1. The maximum Gasteiger partial charge on any atom is 0.270 e. The van der Waals surface area contributed by atoms with Gasteiger partial charge in [0, 0.05) is 36.2 Å². The van der Waals surface area contributed by atoms with Gasteiger partial charge in [-0.15, -0.1) is 23.7 Å². The average molecular weight is 400 g/mol. The fourth-order valence-electron chi connectivity index (χ4n) is 1.85. The van der Waals surface area contributed by atoms with Crippen LogP contribution in [0.5, 0.6) is 0 Å². The van der Waals surface area contributed by atoms with Crippen LogP contribution in [0, 0.1) is 10.1 Å². The Balaban J connectivity index is 0.00000338. The van der Waals surface area contributed by atoms with Gasteiger partial charge in [-0.1, -0.05) is 6.07 Å². The Bertz CT molecular complexity index is 796. The lowest BCUT2D eigenvalue weighted by molar-refractivity contribution is -0.384. The fraction of sp³-hybridized carbons (Fsp3) is 0.267. The minimum Gasteiger partial charge on any atom is -0.349 e. The number of nitrogens with zero attached hydrogens (tertiary/aromatic N) is 3. The van der Waals surface area contributed by atoms with E-state index in [4.69, 9.17) is 0 Å². The first-order chi connectivity index (χ1) is 11.9. The minimum atomic E-state index is -0.573. The second-order valence-corrected chi connectivity index (χ2v) is 6.22. The number of anilines is 1. The molecule has 0 aliphatic carbocycles. The summed E-state index contributed by atoms with van der Waals surface area (Å²) in [5.41, 5.74) is 0.173. The standard InChI is InChI=1S/C15H17N5O4S.ClH/c1-19(2)7-6-16-14(22)12-9-25-15(17-12)18-13(21)10-4-3-5-11(8-10)20(23)24;/h3-5,8-9H,6-7H2,1-2H3,(H,16,22)(H,17,18,21);1H. The predicted molar refractivity (Wildman–Crippen MR) is 101 cm³/mol. The quantitative estimate of drug-likeness (QED) is 0.543. The molecule has 2 N–H and O–H groups in total. The van der Waals surface area contributed by atoms with E-state index in [9.17, 15) is 19.7 Å². The Morgan fingerprint density at radius 3 is 2.69 bits per heavy atom. The molecule has 0 atom stereocenters. The number of halogens is 1. The monoisotopic (exact) mass is 399 g/mol. The number of amides is 2. The van der Waals surface area contributed by atoms with Gasteiger partial charge in [-0.05, 0) is 20.2 Å². The van der Waals surface area contributed by atoms with Crippen molar-refractivity contribution in [2.75, 3.05) is 32.5 Å².